The molecule has 7 heteroatoms. The third kappa shape index (κ3) is 3.41. The van der Waals surface area contributed by atoms with E-state index in [4.69, 9.17) is 9.26 Å². The second-order valence-corrected chi connectivity index (χ2v) is 6.27. The highest BCUT2D eigenvalue weighted by Gasteiger charge is 2.32. The van der Waals surface area contributed by atoms with Crippen LogP contribution in [0.1, 0.15) is 22.1 Å². The van der Waals surface area contributed by atoms with Gasteiger partial charge in [-0.15, -0.1) is 0 Å². The van der Waals surface area contributed by atoms with Gasteiger partial charge in [0, 0.05) is 49.2 Å². The summed E-state index contributed by atoms with van der Waals surface area (Å²) < 4.78 is 10.9. The van der Waals surface area contributed by atoms with E-state index in [0.717, 1.165) is 23.4 Å². The van der Waals surface area contributed by atoms with Crippen LogP contribution in [0.25, 0.3) is 11.3 Å². The van der Waals surface area contributed by atoms with E-state index in [1.54, 1.807) is 25.6 Å². The smallest absolute Gasteiger partial charge is 0.276 e. The Balaban J connectivity index is 1.63. The lowest BCUT2D eigenvalue weighted by atomic mass is 10.0. The van der Waals surface area contributed by atoms with Gasteiger partial charge in [0.2, 0.25) is 0 Å². The average molecular weight is 364 g/mol. The molecule has 1 saturated heterocycles. The zero-order valence-corrected chi connectivity index (χ0v) is 15.0. The molecule has 1 unspecified atom stereocenters. The number of hydrogen-bond donors (Lipinski definition) is 1. The number of methoxy groups -OCH3 is 1. The first-order valence-electron chi connectivity index (χ1n) is 8.79. The Bertz CT molecular complexity index is 926. The number of nitrogens with zero attached hydrogens (tertiary/aromatic N) is 3. The minimum atomic E-state index is -0.156. The van der Waals surface area contributed by atoms with Crippen molar-refractivity contribution in [2.75, 3.05) is 26.7 Å². The molecular weight excluding hydrogens is 344 g/mol. The van der Waals surface area contributed by atoms with Gasteiger partial charge < -0.3 is 19.5 Å². The summed E-state index contributed by atoms with van der Waals surface area (Å²) in [7, 11) is 1.64. The molecule has 1 N–H and O–H groups in total. The van der Waals surface area contributed by atoms with Crippen LogP contribution in [0, 0.1) is 0 Å². The van der Waals surface area contributed by atoms with Gasteiger partial charge in [-0.05, 0) is 18.2 Å². The van der Waals surface area contributed by atoms with Crippen molar-refractivity contribution in [3.05, 3.63) is 66.1 Å². The number of ether oxygens (including phenoxy) is 1. The topological polar surface area (TPSA) is 80.5 Å². The molecule has 1 atom stereocenters. The van der Waals surface area contributed by atoms with Gasteiger partial charge in [-0.1, -0.05) is 23.4 Å². The Hall–Kier alpha value is -3.19. The number of para-hydroxylation sites is 1. The summed E-state index contributed by atoms with van der Waals surface area (Å²) in [6.07, 6.45) is 3.35. The maximum Gasteiger partial charge on any atom is 0.276 e. The Morgan fingerprint density at radius 2 is 2.07 bits per heavy atom. The van der Waals surface area contributed by atoms with E-state index in [1.807, 2.05) is 41.3 Å². The number of amides is 1. The monoisotopic (exact) mass is 364 g/mol. The summed E-state index contributed by atoms with van der Waals surface area (Å²) in [5.41, 5.74) is 2.10. The van der Waals surface area contributed by atoms with Crippen LogP contribution in [0.3, 0.4) is 0 Å². The summed E-state index contributed by atoms with van der Waals surface area (Å²) in [5.74, 6) is 1.16. The fraction of sp³-hybridized carbons (Fsp3) is 0.250. The molecule has 7 nitrogen and oxygen atoms in total. The molecule has 2 aromatic heterocycles. The maximum atomic E-state index is 13.2. The molecule has 1 fully saturated rings. The van der Waals surface area contributed by atoms with Gasteiger partial charge in [-0.25, -0.2) is 0 Å². The molecule has 0 saturated carbocycles. The molecule has 3 heterocycles. The normalized spacial score (nSPS) is 16.9. The van der Waals surface area contributed by atoms with Crippen LogP contribution in [0.15, 0.2) is 59.4 Å². The Morgan fingerprint density at radius 1 is 1.26 bits per heavy atom. The number of carbonyl (C=O) groups is 1. The second kappa shape index (κ2) is 7.59. The zero-order chi connectivity index (χ0) is 18.6. The van der Waals surface area contributed by atoms with Crippen LogP contribution >= 0.6 is 0 Å². The van der Waals surface area contributed by atoms with Crippen LogP contribution < -0.4 is 10.1 Å². The molecule has 0 spiro atoms. The molecular formula is C20H20N4O3. The lowest BCUT2D eigenvalue weighted by Gasteiger charge is -2.36. The van der Waals surface area contributed by atoms with Gasteiger partial charge in [0.05, 0.1) is 13.2 Å². The number of carbonyl (C=O) groups excluding carboxylic acids is 1. The van der Waals surface area contributed by atoms with Gasteiger partial charge in [0.15, 0.2) is 11.5 Å². The lowest BCUT2D eigenvalue weighted by molar-refractivity contribution is 0.0621. The molecule has 27 heavy (non-hydrogen) atoms. The predicted molar refractivity (Wildman–Crippen MR) is 99.4 cm³/mol. The van der Waals surface area contributed by atoms with Crippen molar-refractivity contribution in [3.63, 3.8) is 0 Å². The van der Waals surface area contributed by atoms with Gasteiger partial charge >= 0.3 is 0 Å². The third-order valence-corrected chi connectivity index (χ3v) is 4.70. The zero-order valence-electron chi connectivity index (χ0n) is 15.0. The van der Waals surface area contributed by atoms with E-state index in [1.165, 1.54) is 0 Å². The summed E-state index contributed by atoms with van der Waals surface area (Å²) in [5, 5.41) is 7.35. The van der Waals surface area contributed by atoms with E-state index in [0.29, 0.717) is 24.5 Å². The SMILES string of the molecule is COc1ccccc1C1CNCCN1C(=O)c1cc(-c2ccncc2)on1. The maximum absolute atomic E-state index is 13.2. The van der Waals surface area contributed by atoms with Crippen LogP contribution in [-0.4, -0.2) is 47.7 Å². The van der Waals surface area contributed by atoms with Gasteiger partial charge in [0.25, 0.3) is 5.91 Å². The molecule has 1 aliphatic rings. The van der Waals surface area contributed by atoms with Crippen LogP contribution in [0.4, 0.5) is 0 Å². The molecule has 3 aromatic rings. The number of aromatic nitrogens is 2. The third-order valence-electron chi connectivity index (χ3n) is 4.70. The van der Waals surface area contributed by atoms with Crippen LogP contribution in [-0.2, 0) is 0 Å². The number of piperazine rings is 1. The summed E-state index contributed by atoms with van der Waals surface area (Å²) >= 11 is 0. The summed E-state index contributed by atoms with van der Waals surface area (Å²) in [6, 6.07) is 12.9. The van der Waals surface area contributed by atoms with Crippen molar-refractivity contribution in [2.45, 2.75) is 6.04 Å². The molecule has 0 radical (unpaired) electrons. The fourth-order valence-electron chi connectivity index (χ4n) is 3.34. The molecule has 1 aliphatic heterocycles. The second-order valence-electron chi connectivity index (χ2n) is 6.27. The van der Waals surface area contributed by atoms with E-state index in [-0.39, 0.29) is 11.9 Å². The first-order chi connectivity index (χ1) is 13.3. The number of hydrogen-bond acceptors (Lipinski definition) is 6. The number of nitrogens with one attached hydrogen (secondary N) is 1. The minimum Gasteiger partial charge on any atom is -0.496 e. The van der Waals surface area contributed by atoms with Gasteiger partial charge in [0.1, 0.15) is 5.75 Å². The molecule has 4 rings (SSSR count). The van der Waals surface area contributed by atoms with Crippen molar-refractivity contribution in [1.29, 1.82) is 0 Å². The lowest BCUT2D eigenvalue weighted by Crippen LogP contribution is -2.48. The highest BCUT2D eigenvalue weighted by atomic mass is 16.5. The van der Waals surface area contributed by atoms with Gasteiger partial charge in [-0.2, -0.15) is 0 Å². The van der Waals surface area contributed by atoms with Crippen LogP contribution in [0.5, 0.6) is 5.75 Å². The van der Waals surface area contributed by atoms with Crippen LogP contribution in [0.2, 0.25) is 0 Å². The highest BCUT2D eigenvalue weighted by molar-refractivity contribution is 5.93. The molecule has 1 amide bonds. The standard InChI is InChI=1S/C20H20N4O3/c1-26-18-5-3-2-4-15(18)17-13-22-10-11-24(17)20(25)16-12-19(27-23-16)14-6-8-21-9-7-14/h2-9,12,17,22H,10-11,13H2,1H3. The van der Waals surface area contributed by atoms with Crippen molar-refractivity contribution in [1.82, 2.24) is 20.4 Å². The molecule has 1 aromatic carbocycles. The van der Waals surface area contributed by atoms with E-state index >= 15 is 0 Å². The van der Waals surface area contributed by atoms with Crippen molar-refractivity contribution in [3.8, 4) is 17.1 Å². The first-order valence-corrected chi connectivity index (χ1v) is 8.79. The quantitative estimate of drug-likeness (QED) is 0.766. The molecule has 0 aliphatic carbocycles. The highest BCUT2D eigenvalue weighted by Crippen LogP contribution is 2.31. The minimum absolute atomic E-state index is 0.136. The predicted octanol–water partition coefficient (Wildman–Crippen LogP) is 2.53. The number of rotatable bonds is 4. The molecule has 138 valence electrons. The summed E-state index contributed by atoms with van der Waals surface area (Å²) in [4.78, 5) is 19.0. The van der Waals surface area contributed by atoms with E-state index < -0.39 is 0 Å². The Kier molecular flexibility index (Phi) is 4.84. The largest absolute Gasteiger partial charge is 0.496 e. The van der Waals surface area contributed by atoms with Crippen molar-refractivity contribution >= 4 is 5.91 Å². The number of pyridine rings is 1. The summed E-state index contributed by atoms with van der Waals surface area (Å²) in [6.45, 7) is 1.96. The van der Waals surface area contributed by atoms with Crippen molar-refractivity contribution in [2.24, 2.45) is 0 Å². The first kappa shape index (κ1) is 17.2. The molecule has 0 bridgehead atoms. The number of benzene rings is 1. The van der Waals surface area contributed by atoms with Gasteiger partial charge in [-0.3, -0.25) is 9.78 Å². The average Bonchev–Trinajstić information content (AvgIpc) is 3.24. The van der Waals surface area contributed by atoms with Crippen molar-refractivity contribution < 1.29 is 14.1 Å². The van der Waals surface area contributed by atoms with E-state index in [2.05, 4.69) is 15.5 Å². The Morgan fingerprint density at radius 3 is 2.89 bits per heavy atom. The Labute approximate surface area is 156 Å². The van der Waals surface area contributed by atoms with E-state index in [9.17, 15) is 4.79 Å². The fourth-order valence-corrected chi connectivity index (χ4v) is 3.34.